The Morgan fingerprint density at radius 1 is 1.16 bits per heavy atom. The van der Waals surface area contributed by atoms with Crippen molar-refractivity contribution in [1.82, 2.24) is 20.1 Å². The van der Waals surface area contributed by atoms with Crippen LogP contribution in [0.2, 0.25) is 0 Å². The number of azide groups is 1. The molecule has 3 N–H and O–H groups in total. The van der Waals surface area contributed by atoms with Gasteiger partial charge in [0.2, 0.25) is 5.91 Å². The summed E-state index contributed by atoms with van der Waals surface area (Å²) in [5.41, 5.74) is 11.0. The number of carbonyl (C=O) groups is 3. The third kappa shape index (κ3) is 10.5. The van der Waals surface area contributed by atoms with Gasteiger partial charge in [0.25, 0.3) is 0 Å². The number of aromatic nitrogens is 1. The molecule has 0 bridgehead atoms. The minimum absolute atomic E-state index is 0.0286. The van der Waals surface area contributed by atoms with Crippen molar-refractivity contribution in [3.63, 3.8) is 0 Å². The molecule has 1 atom stereocenters. The molecule has 1 aromatic heterocycles. The molecular weight excluding hydrogens is 643 g/mol. The van der Waals surface area contributed by atoms with E-state index in [1.807, 2.05) is 6.07 Å². The van der Waals surface area contributed by atoms with Gasteiger partial charge in [-0.25, -0.2) is 14.2 Å². The lowest BCUT2D eigenvalue weighted by atomic mass is 9.84. The first-order valence-electron chi connectivity index (χ1n) is 18.0. The highest BCUT2D eigenvalue weighted by atomic mass is 19.1. The Hall–Kier alpha value is -4.58. The third-order valence-electron chi connectivity index (χ3n) is 10.00. The number of nitrogens with one attached hydrogen (secondary N) is 2. The maximum atomic E-state index is 15.3. The summed E-state index contributed by atoms with van der Waals surface area (Å²) in [5, 5.41) is 19.6. The highest BCUT2D eigenvalue weighted by Crippen LogP contribution is 2.32. The number of carboxylic acids is 1. The number of amides is 3. The number of carbonyl (C=O) groups excluding carboxylic acids is 2. The first-order chi connectivity index (χ1) is 24.3. The average Bonchev–Trinajstić information content (AvgIpc) is 3.47. The molecule has 2 fully saturated rings. The number of anilines is 1. The molecule has 1 aromatic carbocycles. The van der Waals surface area contributed by atoms with Crippen LogP contribution >= 0.6 is 0 Å². The second-order valence-electron chi connectivity index (χ2n) is 13.5. The number of fused-ring (bicyclic) bond motifs is 1. The molecule has 3 aliphatic rings. The number of aliphatic carboxylic acids is 1. The molecule has 50 heavy (non-hydrogen) atoms. The lowest BCUT2D eigenvalue weighted by Crippen LogP contribution is -2.37. The standard InChI is InChI=1S/C36H49FN8O5/c37-30-23-27(11-15-32(30)50-22-16-25-8-12-29(13-9-25)41-33(46)7-1-2-18-40-43-38)31(24-34(47)48)45-21-20-44(36(45)49)19-4-6-28-14-10-26-5-3-17-39-35(26)42-28/h10-11,14-15,23,25,29,31H,1-9,12-13,16-22,24H2,(H,39,42)(H,41,46)(H,47,48)/t25?,29?,31-/m0/s1. The van der Waals surface area contributed by atoms with Gasteiger partial charge in [0.1, 0.15) is 5.82 Å². The Kier molecular flexibility index (Phi) is 13.5. The van der Waals surface area contributed by atoms with Crippen LogP contribution in [0.25, 0.3) is 10.4 Å². The summed E-state index contributed by atoms with van der Waals surface area (Å²) in [4.78, 5) is 48.2. The molecule has 13 nitrogen and oxygen atoms in total. The van der Waals surface area contributed by atoms with Gasteiger partial charge in [0.05, 0.1) is 19.1 Å². The van der Waals surface area contributed by atoms with Crippen LogP contribution in [0.5, 0.6) is 5.75 Å². The second-order valence-corrected chi connectivity index (χ2v) is 13.5. The van der Waals surface area contributed by atoms with Crippen molar-refractivity contribution >= 4 is 23.7 Å². The van der Waals surface area contributed by atoms with E-state index in [1.165, 1.54) is 22.6 Å². The van der Waals surface area contributed by atoms with Gasteiger partial charge in [-0.1, -0.05) is 17.2 Å². The van der Waals surface area contributed by atoms with Crippen molar-refractivity contribution in [2.45, 2.75) is 95.6 Å². The summed E-state index contributed by atoms with van der Waals surface area (Å²) in [6.07, 6.45) is 9.52. The Morgan fingerprint density at radius 2 is 2.00 bits per heavy atom. The van der Waals surface area contributed by atoms with Gasteiger partial charge in [0.15, 0.2) is 11.6 Å². The van der Waals surface area contributed by atoms with Gasteiger partial charge in [-0.3, -0.25) is 9.59 Å². The predicted molar refractivity (Wildman–Crippen MR) is 186 cm³/mol. The number of pyridine rings is 1. The summed E-state index contributed by atoms with van der Waals surface area (Å²) in [6, 6.07) is 7.76. The number of halogens is 1. The monoisotopic (exact) mass is 692 g/mol. The van der Waals surface area contributed by atoms with Crippen LogP contribution in [0, 0.1) is 11.7 Å². The van der Waals surface area contributed by atoms with E-state index in [1.54, 1.807) is 11.0 Å². The Bertz CT molecular complexity index is 1530. The Balaban J connectivity index is 1.06. The van der Waals surface area contributed by atoms with E-state index < -0.39 is 17.8 Å². The van der Waals surface area contributed by atoms with E-state index in [0.717, 1.165) is 75.8 Å². The fourth-order valence-corrected chi connectivity index (χ4v) is 7.22. The number of rotatable bonds is 18. The molecule has 1 saturated carbocycles. The van der Waals surface area contributed by atoms with Crippen molar-refractivity contribution < 1.29 is 28.6 Å². The number of benzene rings is 1. The van der Waals surface area contributed by atoms with Gasteiger partial charge in [0, 0.05) is 55.8 Å². The fraction of sp³-hybridized carbons (Fsp3) is 0.611. The minimum Gasteiger partial charge on any atom is -0.491 e. The fourth-order valence-electron chi connectivity index (χ4n) is 7.22. The zero-order valence-corrected chi connectivity index (χ0v) is 28.7. The number of urea groups is 1. The number of hydrogen-bond acceptors (Lipinski definition) is 7. The normalized spacial score (nSPS) is 19.3. The van der Waals surface area contributed by atoms with Gasteiger partial charge in [-0.2, -0.15) is 0 Å². The van der Waals surface area contributed by atoms with Crippen molar-refractivity contribution in [3.8, 4) is 5.75 Å². The number of hydrogen-bond donors (Lipinski definition) is 3. The molecule has 14 heteroatoms. The van der Waals surface area contributed by atoms with Crippen molar-refractivity contribution in [2.24, 2.45) is 11.0 Å². The number of unbranched alkanes of at least 4 members (excludes halogenated alkanes) is 1. The van der Waals surface area contributed by atoms with Crippen LogP contribution in [0.1, 0.15) is 93.5 Å². The zero-order valence-electron chi connectivity index (χ0n) is 28.7. The smallest absolute Gasteiger partial charge is 0.320 e. The maximum absolute atomic E-state index is 15.3. The highest BCUT2D eigenvalue weighted by Gasteiger charge is 2.35. The molecule has 1 saturated heterocycles. The SMILES string of the molecule is [N-]=[N+]=NCCCCC(=O)NC1CCC(CCOc2ccc([C@H](CC(=O)O)N3CCN(CCCc4ccc5c(n4)NCCC5)C3=O)cc2F)CC1. The lowest BCUT2D eigenvalue weighted by Gasteiger charge is -2.29. The molecule has 3 heterocycles. The third-order valence-corrected chi connectivity index (χ3v) is 10.00. The quantitative estimate of drug-likeness (QED) is 0.0703. The van der Waals surface area contributed by atoms with E-state index in [9.17, 15) is 19.5 Å². The first-order valence-corrected chi connectivity index (χ1v) is 18.0. The molecule has 3 amide bonds. The Labute approximate surface area is 292 Å². The lowest BCUT2D eigenvalue weighted by molar-refractivity contribution is -0.138. The van der Waals surface area contributed by atoms with Gasteiger partial charge >= 0.3 is 12.0 Å². The van der Waals surface area contributed by atoms with Crippen molar-refractivity contribution in [2.75, 3.05) is 44.6 Å². The summed E-state index contributed by atoms with van der Waals surface area (Å²) >= 11 is 0. The molecule has 0 radical (unpaired) electrons. The number of carboxylic acid groups (broad SMARTS) is 1. The molecule has 1 aliphatic carbocycles. The van der Waals surface area contributed by atoms with E-state index in [-0.39, 0.29) is 30.2 Å². The number of aryl methyl sites for hydroxylation is 2. The Morgan fingerprint density at radius 3 is 2.78 bits per heavy atom. The van der Waals surface area contributed by atoms with Crippen LogP contribution in [0.4, 0.5) is 15.0 Å². The summed E-state index contributed by atoms with van der Waals surface area (Å²) in [5.74, 6) is -0.146. The zero-order chi connectivity index (χ0) is 35.3. The van der Waals surface area contributed by atoms with Crippen LogP contribution in [0.3, 0.4) is 0 Å². The molecule has 5 rings (SSSR count). The summed E-state index contributed by atoms with van der Waals surface area (Å²) in [6.45, 7) is 3.05. The minimum atomic E-state index is -1.06. The van der Waals surface area contributed by atoms with Crippen molar-refractivity contribution in [3.05, 3.63) is 63.4 Å². The van der Waals surface area contributed by atoms with Crippen molar-refractivity contribution in [1.29, 1.82) is 0 Å². The van der Waals surface area contributed by atoms with Crippen LogP contribution in [0.15, 0.2) is 35.4 Å². The van der Waals surface area contributed by atoms with E-state index >= 15 is 4.39 Å². The number of nitrogens with zero attached hydrogens (tertiary/aromatic N) is 6. The molecule has 2 aromatic rings. The van der Waals surface area contributed by atoms with Crippen LogP contribution in [-0.4, -0.2) is 83.2 Å². The maximum Gasteiger partial charge on any atom is 0.320 e. The molecule has 0 spiro atoms. The first kappa shape index (κ1) is 36.7. The summed E-state index contributed by atoms with van der Waals surface area (Å²) in [7, 11) is 0. The average molecular weight is 693 g/mol. The second kappa shape index (κ2) is 18.4. The van der Waals surface area contributed by atoms with Crippen LogP contribution < -0.4 is 15.4 Å². The molecule has 2 aliphatic heterocycles. The van der Waals surface area contributed by atoms with E-state index in [0.29, 0.717) is 63.5 Å². The highest BCUT2D eigenvalue weighted by molar-refractivity contribution is 5.78. The van der Waals surface area contributed by atoms with Gasteiger partial charge < -0.3 is 30.3 Å². The molecule has 270 valence electrons. The van der Waals surface area contributed by atoms with Crippen LogP contribution in [-0.2, 0) is 22.4 Å². The van der Waals surface area contributed by atoms with Gasteiger partial charge in [-0.15, -0.1) is 0 Å². The predicted octanol–water partition coefficient (Wildman–Crippen LogP) is 6.39. The van der Waals surface area contributed by atoms with E-state index in [4.69, 9.17) is 15.3 Å². The molecule has 0 unspecified atom stereocenters. The topological polar surface area (TPSA) is 173 Å². The number of ether oxygens (including phenoxy) is 1. The largest absolute Gasteiger partial charge is 0.491 e. The van der Waals surface area contributed by atoms with E-state index in [2.05, 4.69) is 26.7 Å². The summed E-state index contributed by atoms with van der Waals surface area (Å²) < 4.78 is 21.1. The molecular formula is C36H49FN8O5. The van der Waals surface area contributed by atoms with Gasteiger partial charge in [-0.05, 0) is 111 Å².